The molecule has 148 valence electrons. The van der Waals surface area contributed by atoms with E-state index in [1.165, 1.54) is 23.5 Å². The molecular weight excluding hydrogens is 404 g/mol. The summed E-state index contributed by atoms with van der Waals surface area (Å²) in [6.45, 7) is 4.08. The highest BCUT2D eigenvalue weighted by Gasteiger charge is 2.30. The van der Waals surface area contributed by atoms with Crippen molar-refractivity contribution in [2.45, 2.75) is 33.1 Å². The molecule has 0 bridgehead atoms. The van der Waals surface area contributed by atoms with Crippen LogP contribution in [0.15, 0.2) is 18.2 Å². The zero-order valence-corrected chi connectivity index (χ0v) is 17.0. The summed E-state index contributed by atoms with van der Waals surface area (Å²) in [5.74, 6) is -0.668. The molecule has 1 aromatic heterocycles. The summed E-state index contributed by atoms with van der Waals surface area (Å²) in [7, 11) is 0. The average Bonchev–Trinajstić information content (AvgIpc) is 2.98. The third kappa shape index (κ3) is 4.02. The molecular formula is C19H19ClN2O5S. The fourth-order valence-electron chi connectivity index (χ4n) is 3.28. The standard InChI is InChI=1S/C19H19ClN2O5S/c1-3-27-19(24)16-13-6-4-10(2)8-15(13)28-18(16)21-17(23)12-7-5-11(20)9-14(12)22(25)26/h5,7,9-10H,3-4,6,8H2,1-2H3,(H,21,23)/t10-/m1/s1. The van der Waals surface area contributed by atoms with Gasteiger partial charge in [-0.3, -0.25) is 14.9 Å². The fraction of sp³-hybridized carbons (Fsp3) is 0.368. The van der Waals surface area contributed by atoms with Gasteiger partial charge < -0.3 is 10.1 Å². The lowest BCUT2D eigenvalue weighted by Gasteiger charge is -2.18. The number of amides is 1. The van der Waals surface area contributed by atoms with E-state index in [0.717, 1.165) is 35.8 Å². The van der Waals surface area contributed by atoms with E-state index in [-0.39, 0.29) is 17.2 Å². The van der Waals surface area contributed by atoms with E-state index in [0.29, 0.717) is 16.5 Å². The number of carbonyl (C=O) groups is 2. The molecule has 0 saturated carbocycles. The van der Waals surface area contributed by atoms with Crippen LogP contribution in [-0.4, -0.2) is 23.4 Å². The van der Waals surface area contributed by atoms with Crippen LogP contribution in [-0.2, 0) is 17.6 Å². The first-order valence-electron chi connectivity index (χ1n) is 8.88. The molecule has 1 aromatic carbocycles. The highest BCUT2D eigenvalue weighted by atomic mass is 35.5. The van der Waals surface area contributed by atoms with Crippen LogP contribution in [0.5, 0.6) is 0 Å². The summed E-state index contributed by atoms with van der Waals surface area (Å²) in [6.07, 6.45) is 2.51. The minimum absolute atomic E-state index is 0.121. The number of fused-ring (bicyclic) bond motifs is 1. The van der Waals surface area contributed by atoms with Gasteiger partial charge in [0.25, 0.3) is 11.6 Å². The van der Waals surface area contributed by atoms with Crippen LogP contribution in [0, 0.1) is 16.0 Å². The number of nitro groups is 1. The molecule has 7 nitrogen and oxygen atoms in total. The fourth-order valence-corrected chi connectivity index (χ4v) is 4.84. The molecule has 1 amide bonds. The van der Waals surface area contributed by atoms with E-state index < -0.39 is 22.5 Å². The Balaban J connectivity index is 1.99. The van der Waals surface area contributed by atoms with Gasteiger partial charge in [0.05, 0.1) is 17.1 Å². The molecule has 9 heteroatoms. The predicted molar refractivity (Wildman–Crippen MR) is 108 cm³/mol. The molecule has 0 radical (unpaired) electrons. The molecule has 2 aromatic rings. The quantitative estimate of drug-likeness (QED) is 0.421. The number of esters is 1. The molecule has 0 unspecified atom stereocenters. The second-order valence-corrected chi connectivity index (χ2v) is 8.19. The van der Waals surface area contributed by atoms with Crippen molar-refractivity contribution in [3.63, 3.8) is 0 Å². The van der Waals surface area contributed by atoms with Crippen molar-refractivity contribution >= 4 is 45.5 Å². The van der Waals surface area contributed by atoms with E-state index in [9.17, 15) is 19.7 Å². The van der Waals surface area contributed by atoms with Crippen LogP contribution in [0.2, 0.25) is 5.02 Å². The van der Waals surface area contributed by atoms with Gasteiger partial charge in [0, 0.05) is 16.0 Å². The number of nitro benzene ring substituents is 1. The van der Waals surface area contributed by atoms with E-state index in [1.807, 2.05) is 0 Å². The van der Waals surface area contributed by atoms with Gasteiger partial charge in [-0.05, 0) is 49.8 Å². The third-order valence-corrected chi connectivity index (χ3v) is 6.02. The van der Waals surface area contributed by atoms with E-state index >= 15 is 0 Å². The largest absolute Gasteiger partial charge is 0.462 e. The monoisotopic (exact) mass is 422 g/mol. The Labute approximate surface area is 170 Å². The first-order chi connectivity index (χ1) is 13.3. The second kappa shape index (κ2) is 8.28. The van der Waals surface area contributed by atoms with Crippen LogP contribution in [0.1, 0.15) is 51.4 Å². The molecule has 0 aliphatic heterocycles. The number of hydrogen-bond donors (Lipinski definition) is 1. The SMILES string of the molecule is CCOC(=O)c1c(NC(=O)c2ccc(Cl)cc2[N+](=O)[O-])sc2c1CC[C@@H](C)C2. The smallest absolute Gasteiger partial charge is 0.341 e. The summed E-state index contributed by atoms with van der Waals surface area (Å²) >= 11 is 7.15. The summed E-state index contributed by atoms with van der Waals surface area (Å²) in [4.78, 5) is 36.9. The third-order valence-electron chi connectivity index (χ3n) is 4.62. The van der Waals surface area contributed by atoms with Crippen LogP contribution >= 0.6 is 22.9 Å². The number of hydrogen-bond acceptors (Lipinski definition) is 6. The maximum atomic E-state index is 12.8. The molecule has 0 spiro atoms. The number of nitrogens with zero attached hydrogens (tertiary/aromatic N) is 1. The van der Waals surface area contributed by atoms with E-state index in [2.05, 4.69) is 12.2 Å². The van der Waals surface area contributed by atoms with Crippen molar-refractivity contribution in [3.8, 4) is 0 Å². The Hall–Kier alpha value is -2.45. The normalized spacial score (nSPS) is 15.6. The molecule has 1 N–H and O–H groups in total. The highest BCUT2D eigenvalue weighted by Crippen LogP contribution is 2.40. The van der Waals surface area contributed by atoms with Crippen LogP contribution in [0.4, 0.5) is 10.7 Å². The highest BCUT2D eigenvalue weighted by molar-refractivity contribution is 7.17. The second-order valence-electron chi connectivity index (χ2n) is 6.65. The number of benzene rings is 1. The van der Waals surface area contributed by atoms with Crippen molar-refractivity contribution in [2.75, 3.05) is 11.9 Å². The van der Waals surface area contributed by atoms with Gasteiger partial charge in [0.15, 0.2) is 0 Å². The topological polar surface area (TPSA) is 98.5 Å². The molecule has 1 aliphatic carbocycles. The Morgan fingerprint density at radius 3 is 2.86 bits per heavy atom. The van der Waals surface area contributed by atoms with Crippen LogP contribution in [0.25, 0.3) is 0 Å². The minimum Gasteiger partial charge on any atom is -0.462 e. The lowest BCUT2D eigenvalue weighted by molar-refractivity contribution is -0.385. The Morgan fingerprint density at radius 1 is 1.43 bits per heavy atom. The van der Waals surface area contributed by atoms with Crippen molar-refractivity contribution in [2.24, 2.45) is 5.92 Å². The molecule has 3 rings (SSSR count). The Kier molecular flexibility index (Phi) is 6.00. The first-order valence-corrected chi connectivity index (χ1v) is 10.1. The average molecular weight is 423 g/mol. The Morgan fingerprint density at radius 2 is 2.18 bits per heavy atom. The van der Waals surface area contributed by atoms with Crippen molar-refractivity contribution in [1.29, 1.82) is 0 Å². The van der Waals surface area contributed by atoms with Gasteiger partial charge in [-0.25, -0.2) is 4.79 Å². The summed E-state index contributed by atoms with van der Waals surface area (Å²) in [5, 5.41) is 14.5. The molecule has 1 heterocycles. The molecule has 1 atom stereocenters. The van der Waals surface area contributed by atoms with Crippen LogP contribution in [0.3, 0.4) is 0 Å². The maximum Gasteiger partial charge on any atom is 0.341 e. The molecule has 28 heavy (non-hydrogen) atoms. The van der Waals surface area contributed by atoms with Gasteiger partial charge in [-0.1, -0.05) is 18.5 Å². The predicted octanol–water partition coefficient (Wildman–Crippen LogP) is 4.86. The number of carbonyl (C=O) groups excluding carboxylic acids is 2. The van der Waals surface area contributed by atoms with E-state index in [4.69, 9.17) is 16.3 Å². The molecule has 1 aliphatic rings. The Bertz CT molecular complexity index is 956. The lowest BCUT2D eigenvalue weighted by Crippen LogP contribution is -2.17. The van der Waals surface area contributed by atoms with Crippen molar-refractivity contribution < 1.29 is 19.2 Å². The van der Waals surface area contributed by atoms with Crippen molar-refractivity contribution in [3.05, 3.63) is 54.9 Å². The minimum atomic E-state index is -0.666. The number of rotatable bonds is 5. The number of anilines is 1. The lowest BCUT2D eigenvalue weighted by atomic mass is 9.88. The van der Waals surface area contributed by atoms with Gasteiger partial charge >= 0.3 is 5.97 Å². The molecule has 0 fully saturated rings. The molecule has 0 saturated heterocycles. The first kappa shape index (κ1) is 20.3. The zero-order valence-electron chi connectivity index (χ0n) is 15.4. The van der Waals surface area contributed by atoms with Crippen LogP contribution < -0.4 is 5.32 Å². The number of thiophene rings is 1. The zero-order chi connectivity index (χ0) is 20.4. The van der Waals surface area contributed by atoms with Gasteiger partial charge in [-0.15, -0.1) is 11.3 Å². The number of halogens is 1. The summed E-state index contributed by atoms with van der Waals surface area (Å²) in [6, 6.07) is 3.84. The number of nitrogens with one attached hydrogen (secondary N) is 1. The van der Waals surface area contributed by atoms with Gasteiger partial charge in [-0.2, -0.15) is 0 Å². The van der Waals surface area contributed by atoms with E-state index in [1.54, 1.807) is 6.92 Å². The number of ether oxygens (including phenoxy) is 1. The van der Waals surface area contributed by atoms with Crippen molar-refractivity contribution in [1.82, 2.24) is 0 Å². The van der Waals surface area contributed by atoms with Gasteiger partial charge in [0.2, 0.25) is 0 Å². The summed E-state index contributed by atoms with van der Waals surface area (Å²) < 4.78 is 5.18. The summed E-state index contributed by atoms with van der Waals surface area (Å²) in [5.41, 5.74) is 0.753. The van der Waals surface area contributed by atoms with Gasteiger partial charge in [0.1, 0.15) is 10.6 Å². The maximum absolute atomic E-state index is 12.8.